The molecule has 1 saturated heterocycles. The van der Waals surface area contributed by atoms with Gasteiger partial charge in [0, 0.05) is 19.6 Å². The highest BCUT2D eigenvalue weighted by Gasteiger charge is 2.25. The van der Waals surface area contributed by atoms with Crippen molar-refractivity contribution in [3.8, 4) is 5.75 Å². The first-order valence-corrected chi connectivity index (χ1v) is 11.0. The Morgan fingerprint density at radius 3 is 2.50 bits per heavy atom. The van der Waals surface area contributed by atoms with Crippen molar-refractivity contribution >= 4 is 15.9 Å². The molecule has 150 valence electrons. The molecule has 2 aromatic rings. The summed E-state index contributed by atoms with van der Waals surface area (Å²) in [5.74, 6) is 0.204. The number of ether oxygens (including phenoxy) is 1. The van der Waals surface area contributed by atoms with E-state index in [2.05, 4.69) is 4.72 Å². The Morgan fingerprint density at radius 2 is 1.82 bits per heavy atom. The number of sulfonamides is 1. The second-order valence-electron chi connectivity index (χ2n) is 6.85. The van der Waals surface area contributed by atoms with Crippen LogP contribution in [-0.4, -0.2) is 46.0 Å². The Balaban J connectivity index is 1.68. The van der Waals surface area contributed by atoms with E-state index in [1.807, 2.05) is 30.3 Å². The second-order valence-corrected chi connectivity index (χ2v) is 8.62. The molecule has 1 N–H and O–H groups in total. The van der Waals surface area contributed by atoms with Gasteiger partial charge in [0.2, 0.25) is 10.0 Å². The largest absolute Gasteiger partial charge is 0.496 e. The SMILES string of the molecule is COc1ccc(S(=O)(=O)NCCCc2ccccc2)cc1C(=O)N1CCCC1. The zero-order valence-corrected chi connectivity index (χ0v) is 16.9. The van der Waals surface area contributed by atoms with Gasteiger partial charge in [-0.25, -0.2) is 13.1 Å². The van der Waals surface area contributed by atoms with Crippen LogP contribution in [0.25, 0.3) is 0 Å². The molecule has 0 spiro atoms. The minimum Gasteiger partial charge on any atom is -0.496 e. The van der Waals surface area contributed by atoms with Gasteiger partial charge in [0.25, 0.3) is 5.91 Å². The van der Waals surface area contributed by atoms with Crippen LogP contribution in [0, 0.1) is 0 Å². The maximum absolute atomic E-state index is 12.8. The molecule has 0 aliphatic carbocycles. The van der Waals surface area contributed by atoms with Crippen molar-refractivity contribution in [1.82, 2.24) is 9.62 Å². The Hall–Kier alpha value is -2.38. The van der Waals surface area contributed by atoms with E-state index < -0.39 is 10.0 Å². The molecule has 6 nitrogen and oxygen atoms in total. The molecule has 1 heterocycles. The Morgan fingerprint density at radius 1 is 1.11 bits per heavy atom. The molecule has 1 aliphatic rings. The van der Waals surface area contributed by atoms with Crippen molar-refractivity contribution in [1.29, 1.82) is 0 Å². The number of methoxy groups -OCH3 is 1. The fourth-order valence-electron chi connectivity index (χ4n) is 3.34. The smallest absolute Gasteiger partial charge is 0.257 e. The lowest BCUT2D eigenvalue weighted by Gasteiger charge is -2.18. The molecule has 3 rings (SSSR count). The van der Waals surface area contributed by atoms with Crippen molar-refractivity contribution in [3.63, 3.8) is 0 Å². The molecule has 1 aliphatic heterocycles. The van der Waals surface area contributed by atoms with E-state index in [1.165, 1.54) is 24.8 Å². The second kappa shape index (κ2) is 9.21. The van der Waals surface area contributed by atoms with Gasteiger partial charge >= 0.3 is 0 Å². The molecule has 2 aromatic carbocycles. The van der Waals surface area contributed by atoms with Crippen molar-refractivity contribution in [3.05, 3.63) is 59.7 Å². The molecule has 1 amide bonds. The summed E-state index contributed by atoms with van der Waals surface area (Å²) in [6.45, 7) is 1.71. The van der Waals surface area contributed by atoms with E-state index in [0.29, 0.717) is 31.8 Å². The summed E-state index contributed by atoms with van der Waals surface area (Å²) in [6.07, 6.45) is 3.42. The summed E-state index contributed by atoms with van der Waals surface area (Å²) in [5.41, 5.74) is 1.46. The van der Waals surface area contributed by atoms with Gasteiger partial charge in [-0.1, -0.05) is 30.3 Å². The lowest BCUT2D eigenvalue weighted by atomic mass is 10.1. The van der Waals surface area contributed by atoms with Gasteiger partial charge in [-0.05, 0) is 49.4 Å². The number of carbonyl (C=O) groups excluding carboxylic acids is 1. The normalized spacial score (nSPS) is 14.2. The van der Waals surface area contributed by atoms with Crippen LogP contribution in [-0.2, 0) is 16.4 Å². The molecule has 7 heteroatoms. The van der Waals surface area contributed by atoms with E-state index in [0.717, 1.165) is 19.3 Å². The number of nitrogens with one attached hydrogen (secondary N) is 1. The van der Waals surface area contributed by atoms with Crippen molar-refractivity contribution in [2.24, 2.45) is 0 Å². The average Bonchev–Trinajstić information content (AvgIpc) is 3.26. The van der Waals surface area contributed by atoms with Crippen LogP contribution in [0.1, 0.15) is 35.2 Å². The third kappa shape index (κ3) is 4.91. The topological polar surface area (TPSA) is 75.7 Å². The van der Waals surface area contributed by atoms with Crippen LogP contribution in [0.5, 0.6) is 5.75 Å². The molecule has 0 atom stereocenters. The van der Waals surface area contributed by atoms with E-state index >= 15 is 0 Å². The summed E-state index contributed by atoms with van der Waals surface area (Å²) in [6, 6.07) is 14.4. The number of benzene rings is 2. The molecular formula is C21H26N2O4S. The number of hydrogen-bond donors (Lipinski definition) is 1. The van der Waals surface area contributed by atoms with E-state index in [9.17, 15) is 13.2 Å². The Labute approximate surface area is 166 Å². The zero-order valence-electron chi connectivity index (χ0n) is 16.1. The van der Waals surface area contributed by atoms with Gasteiger partial charge in [-0.15, -0.1) is 0 Å². The van der Waals surface area contributed by atoms with Crippen LogP contribution < -0.4 is 9.46 Å². The van der Waals surface area contributed by atoms with Gasteiger partial charge in [0.1, 0.15) is 5.75 Å². The first kappa shape index (κ1) is 20.4. The predicted octanol–water partition coefficient (Wildman–Crippen LogP) is 2.84. The lowest BCUT2D eigenvalue weighted by molar-refractivity contribution is 0.0789. The van der Waals surface area contributed by atoms with E-state index in [4.69, 9.17) is 4.74 Å². The standard InChI is InChI=1S/C21H26N2O4S/c1-27-20-12-11-18(16-19(20)21(24)23-14-5-6-15-23)28(25,26)22-13-7-10-17-8-3-2-4-9-17/h2-4,8-9,11-12,16,22H,5-7,10,13-15H2,1H3. The van der Waals surface area contributed by atoms with Gasteiger partial charge in [0.15, 0.2) is 0 Å². The van der Waals surface area contributed by atoms with Gasteiger partial charge in [-0.3, -0.25) is 4.79 Å². The molecule has 0 bridgehead atoms. The third-order valence-electron chi connectivity index (χ3n) is 4.88. The van der Waals surface area contributed by atoms with Gasteiger partial charge in [0.05, 0.1) is 17.6 Å². The van der Waals surface area contributed by atoms with Crippen LogP contribution in [0.3, 0.4) is 0 Å². The quantitative estimate of drug-likeness (QED) is 0.689. The number of rotatable bonds is 8. The van der Waals surface area contributed by atoms with Crippen LogP contribution in [0.2, 0.25) is 0 Å². The lowest BCUT2D eigenvalue weighted by Crippen LogP contribution is -2.29. The number of nitrogens with zero attached hydrogens (tertiary/aromatic N) is 1. The summed E-state index contributed by atoms with van der Waals surface area (Å²) in [7, 11) is -2.22. The monoisotopic (exact) mass is 402 g/mol. The Bertz CT molecular complexity index is 907. The highest BCUT2D eigenvalue weighted by molar-refractivity contribution is 7.89. The molecular weight excluding hydrogens is 376 g/mol. The molecule has 0 aromatic heterocycles. The summed E-state index contributed by atoms with van der Waals surface area (Å²) in [4.78, 5) is 14.6. The molecule has 0 unspecified atom stereocenters. The maximum Gasteiger partial charge on any atom is 0.257 e. The first-order valence-electron chi connectivity index (χ1n) is 9.52. The number of amides is 1. The maximum atomic E-state index is 12.8. The van der Waals surface area contributed by atoms with Crippen LogP contribution in [0.4, 0.5) is 0 Å². The highest BCUT2D eigenvalue weighted by atomic mass is 32.2. The average molecular weight is 403 g/mol. The van der Waals surface area contributed by atoms with Gasteiger partial charge in [-0.2, -0.15) is 0 Å². The Kier molecular flexibility index (Phi) is 6.70. The zero-order chi connectivity index (χ0) is 20.0. The number of carbonyl (C=O) groups is 1. The molecule has 0 saturated carbocycles. The first-order chi connectivity index (χ1) is 13.5. The molecule has 1 fully saturated rings. The molecule has 28 heavy (non-hydrogen) atoms. The minimum atomic E-state index is -3.70. The fraction of sp³-hybridized carbons (Fsp3) is 0.381. The fourth-order valence-corrected chi connectivity index (χ4v) is 4.44. The predicted molar refractivity (Wildman–Crippen MR) is 108 cm³/mol. The number of hydrogen-bond acceptors (Lipinski definition) is 4. The van der Waals surface area contributed by atoms with Crippen molar-refractivity contribution in [2.45, 2.75) is 30.6 Å². The number of likely N-dealkylation sites (tertiary alicyclic amines) is 1. The number of aryl methyl sites for hydroxylation is 1. The molecule has 0 radical (unpaired) electrons. The van der Waals surface area contributed by atoms with Crippen molar-refractivity contribution < 1.29 is 17.9 Å². The third-order valence-corrected chi connectivity index (χ3v) is 6.34. The van der Waals surface area contributed by atoms with Crippen molar-refractivity contribution in [2.75, 3.05) is 26.7 Å². The summed E-state index contributed by atoms with van der Waals surface area (Å²) in [5, 5.41) is 0. The highest BCUT2D eigenvalue weighted by Crippen LogP contribution is 2.25. The summed E-state index contributed by atoms with van der Waals surface area (Å²) >= 11 is 0. The van der Waals surface area contributed by atoms with Crippen LogP contribution >= 0.6 is 0 Å². The van der Waals surface area contributed by atoms with E-state index in [1.54, 1.807) is 11.0 Å². The van der Waals surface area contributed by atoms with Gasteiger partial charge < -0.3 is 9.64 Å². The van der Waals surface area contributed by atoms with E-state index in [-0.39, 0.29) is 16.4 Å². The summed E-state index contributed by atoms with van der Waals surface area (Å²) < 4.78 is 33.2. The minimum absolute atomic E-state index is 0.0792. The van der Waals surface area contributed by atoms with Crippen LogP contribution in [0.15, 0.2) is 53.4 Å².